The summed E-state index contributed by atoms with van der Waals surface area (Å²) < 4.78 is 0. The van der Waals surface area contributed by atoms with Crippen molar-refractivity contribution in [1.82, 2.24) is 4.98 Å². The highest BCUT2D eigenvalue weighted by molar-refractivity contribution is 6.20. The molecule has 0 radical (unpaired) electrons. The lowest BCUT2D eigenvalue weighted by Gasteiger charge is -2.20. The minimum atomic E-state index is -0.590. The molecule has 0 aliphatic carbocycles. The van der Waals surface area contributed by atoms with E-state index in [4.69, 9.17) is 11.6 Å². The average molecular weight is 263 g/mol. The van der Waals surface area contributed by atoms with Crippen LogP contribution in [0.2, 0.25) is 0 Å². The summed E-state index contributed by atoms with van der Waals surface area (Å²) in [5.41, 5.74) is 1.01. The minimum absolute atomic E-state index is 0.102. The van der Waals surface area contributed by atoms with Crippen LogP contribution in [0.5, 0.6) is 0 Å². The highest BCUT2D eigenvalue weighted by Gasteiger charge is 2.26. The number of para-hydroxylation sites is 1. The van der Waals surface area contributed by atoms with Gasteiger partial charge in [-0.05, 0) is 26.0 Å². The first-order valence-corrected chi connectivity index (χ1v) is 6.28. The van der Waals surface area contributed by atoms with Crippen molar-refractivity contribution in [3.63, 3.8) is 0 Å². The maximum Gasteiger partial charge on any atom is 0.231 e. The molecule has 2 aromatic rings. The van der Waals surface area contributed by atoms with Gasteiger partial charge in [-0.2, -0.15) is 0 Å². The Hall–Kier alpha value is -1.61. The van der Waals surface area contributed by atoms with Gasteiger partial charge in [0.1, 0.15) is 0 Å². The van der Waals surface area contributed by atoms with E-state index in [0.29, 0.717) is 5.69 Å². The van der Waals surface area contributed by atoms with Crippen LogP contribution in [0, 0.1) is 5.41 Å². The summed E-state index contributed by atoms with van der Waals surface area (Å²) >= 11 is 5.77. The van der Waals surface area contributed by atoms with Gasteiger partial charge < -0.3 is 5.32 Å². The van der Waals surface area contributed by atoms with E-state index in [0.717, 1.165) is 10.9 Å². The number of pyridine rings is 1. The number of anilines is 1. The van der Waals surface area contributed by atoms with Gasteiger partial charge in [0, 0.05) is 11.3 Å². The van der Waals surface area contributed by atoms with Crippen molar-refractivity contribution >= 4 is 34.1 Å². The van der Waals surface area contributed by atoms with Crippen molar-refractivity contribution in [3.8, 4) is 0 Å². The number of carbonyl (C=O) groups is 1. The summed E-state index contributed by atoms with van der Waals surface area (Å²) in [5, 5.41) is 3.84. The topological polar surface area (TPSA) is 42.0 Å². The van der Waals surface area contributed by atoms with Gasteiger partial charge >= 0.3 is 0 Å². The fraction of sp³-hybridized carbons (Fsp3) is 0.286. The molecule has 2 rings (SSSR count). The van der Waals surface area contributed by atoms with E-state index in [2.05, 4.69) is 10.3 Å². The van der Waals surface area contributed by atoms with E-state index >= 15 is 0 Å². The maximum atomic E-state index is 12.0. The average Bonchev–Trinajstić information content (AvgIpc) is 2.38. The Morgan fingerprint density at radius 2 is 2.11 bits per heavy atom. The van der Waals surface area contributed by atoms with Crippen molar-refractivity contribution in [2.75, 3.05) is 11.2 Å². The number of benzene rings is 1. The van der Waals surface area contributed by atoms with Gasteiger partial charge in [0.25, 0.3) is 0 Å². The van der Waals surface area contributed by atoms with Gasteiger partial charge in [0.15, 0.2) is 0 Å². The van der Waals surface area contributed by atoms with Crippen molar-refractivity contribution in [3.05, 3.63) is 36.5 Å². The Morgan fingerprint density at radius 3 is 2.83 bits per heavy atom. The first kappa shape index (κ1) is 12.8. The van der Waals surface area contributed by atoms with Crippen LogP contribution in [0.15, 0.2) is 36.5 Å². The SMILES string of the molecule is CC(C)(CCl)C(=O)Nc1cnc2ccccc2c1. The Morgan fingerprint density at radius 1 is 1.39 bits per heavy atom. The van der Waals surface area contributed by atoms with Crippen LogP contribution in [0.3, 0.4) is 0 Å². The van der Waals surface area contributed by atoms with E-state index in [1.54, 1.807) is 6.20 Å². The van der Waals surface area contributed by atoms with Crippen LogP contribution in [-0.4, -0.2) is 16.8 Å². The second-order valence-electron chi connectivity index (χ2n) is 4.89. The molecule has 1 N–H and O–H groups in total. The molecule has 1 amide bonds. The number of nitrogens with zero attached hydrogens (tertiary/aromatic N) is 1. The van der Waals surface area contributed by atoms with Crippen molar-refractivity contribution in [2.45, 2.75) is 13.8 Å². The van der Waals surface area contributed by atoms with Gasteiger partial charge in [-0.1, -0.05) is 18.2 Å². The maximum absolute atomic E-state index is 12.0. The summed E-state index contributed by atoms with van der Waals surface area (Å²) in [5.74, 6) is 0.175. The summed E-state index contributed by atoms with van der Waals surface area (Å²) in [7, 11) is 0. The largest absolute Gasteiger partial charge is 0.324 e. The monoisotopic (exact) mass is 262 g/mol. The quantitative estimate of drug-likeness (QED) is 0.861. The third-order valence-electron chi connectivity index (χ3n) is 2.80. The fourth-order valence-electron chi connectivity index (χ4n) is 1.50. The summed E-state index contributed by atoms with van der Waals surface area (Å²) in [6, 6.07) is 9.68. The Bertz CT molecular complexity index is 581. The van der Waals surface area contributed by atoms with Crippen LogP contribution in [0.25, 0.3) is 10.9 Å². The lowest BCUT2D eigenvalue weighted by Crippen LogP contribution is -2.32. The van der Waals surface area contributed by atoms with Crippen LogP contribution in [-0.2, 0) is 4.79 Å². The van der Waals surface area contributed by atoms with E-state index in [1.807, 2.05) is 44.2 Å². The number of alkyl halides is 1. The van der Waals surface area contributed by atoms with Crippen LogP contribution >= 0.6 is 11.6 Å². The van der Waals surface area contributed by atoms with Gasteiger partial charge in [-0.25, -0.2) is 0 Å². The first-order valence-electron chi connectivity index (χ1n) is 5.75. The molecule has 0 atom stereocenters. The zero-order valence-electron chi connectivity index (χ0n) is 10.4. The van der Waals surface area contributed by atoms with Crippen molar-refractivity contribution in [1.29, 1.82) is 0 Å². The summed E-state index contributed by atoms with van der Waals surface area (Å²) in [6.45, 7) is 3.62. The number of fused-ring (bicyclic) bond motifs is 1. The van der Waals surface area contributed by atoms with Gasteiger partial charge in [0.2, 0.25) is 5.91 Å². The number of amides is 1. The molecular weight excluding hydrogens is 248 g/mol. The second-order valence-corrected chi connectivity index (χ2v) is 5.16. The molecule has 0 aliphatic rings. The Labute approximate surface area is 111 Å². The number of hydrogen-bond donors (Lipinski definition) is 1. The lowest BCUT2D eigenvalue weighted by molar-refractivity contribution is -0.122. The highest BCUT2D eigenvalue weighted by atomic mass is 35.5. The molecule has 1 heterocycles. The number of nitrogens with one attached hydrogen (secondary N) is 1. The standard InChI is InChI=1S/C14H15ClN2O/c1-14(2,9-15)13(18)17-11-7-10-5-3-4-6-12(10)16-8-11/h3-8H,9H2,1-2H3,(H,17,18). The van der Waals surface area contributed by atoms with Gasteiger partial charge in [-0.3, -0.25) is 9.78 Å². The summed E-state index contributed by atoms with van der Waals surface area (Å²) in [4.78, 5) is 16.3. The second kappa shape index (κ2) is 4.94. The molecule has 0 saturated carbocycles. The number of rotatable bonds is 3. The van der Waals surface area contributed by atoms with Crippen LogP contribution in [0.4, 0.5) is 5.69 Å². The predicted octanol–water partition coefficient (Wildman–Crippen LogP) is 3.44. The molecule has 0 bridgehead atoms. The third kappa shape index (κ3) is 2.62. The minimum Gasteiger partial charge on any atom is -0.324 e. The Kier molecular flexibility index (Phi) is 3.53. The van der Waals surface area contributed by atoms with E-state index in [9.17, 15) is 4.79 Å². The van der Waals surface area contributed by atoms with Crippen molar-refractivity contribution in [2.24, 2.45) is 5.41 Å². The van der Waals surface area contributed by atoms with E-state index < -0.39 is 5.41 Å². The van der Waals surface area contributed by atoms with E-state index in [-0.39, 0.29) is 11.8 Å². The van der Waals surface area contributed by atoms with Crippen molar-refractivity contribution < 1.29 is 4.79 Å². The highest BCUT2D eigenvalue weighted by Crippen LogP contribution is 2.21. The summed E-state index contributed by atoms with van der Waals surface area (Å²) in [6.07, 6.45) is 1.66. The van der Waals surface area contributed by atoms with Gasteiger partial charge in [0.05, 0.1) is 22.8 Å². The zero-order valence-corrected chi connectivity index (χ0v) is 11.2. The molecule has 0 aliphatic heterocycles. The van der Waals surface area contributed by atoms with Crippen LogP contribution < -0.4 is 5.32 Å². The molecule has 4 heteroatoms. The fourth-order valence-corrected chi connectivity index (χ4v) is 1.62. The number of halogens is 1. The molecule has 1 aromatic carbocycles. The number of aromatic nitrogens is 1. The first-order chi connectivity index (χ1) is 8.53. The molecule has 3 nitrogen and oxygen atoms in total. The van der Waals surface area contributed by atoms with E-state index in [1.165, 1.54) is 0 Å². The molecule has 0 saturated heterocycles. The lowest BCUT2D eigenvalue weighted by atomic mass is 9.95. The predicted molar refractivity (Wildman–Crippen MR) is 74.9 cm³/mol. The Balaban J connectivity index is 2.25. The molecule has 0 spiro atoms. The van der Waals surface area contributed by atoms with Gasteiger partial charge in [-0.15, -0.1) is 11.6 Å². The number of hydrogen-bond acceptors (Lipinski definition) is 2. The molecule has 0 unspecified atom stereocenters. The molecule has 1 aromatic heterocycles. The smallest absolute Gasteiger partial charge is 0.231 e. The third-order valence-corrected chi connectivity index (χ3v) is 3.47. The molecule has 0 fully saturated rings. The zero-order chi connectivity index (χ0) is 13.2. The molecule has 18 heavy (non-hydrogen) atoms. The normalized spacial score (nSPS) is 11.5. The molecule has 94 valence electrons. The van der Waals surface area contributed by atoms with Crippen LogP contribution in [0.1, 0.15) is 13.8 Å². The number of carbonyl (C=O) groups excluding carboxylic acids is 1. The molecular formula is C14H15ClN2O.